The molecule has 3 aromatic rings. The van der Waals surface area contributed by atoms with Crippen LogP contribution in [0.25, 0.3) is 0 Å². The third-order valence-corrected chi connectivity index (χ3v) is 5.15. The van der Waals surface area contributed by atoms with Gasteiger partial charge < -0.3 is 10.2 Å². The lowest BCUT2D eigenvalue weighted by Gasteiger charge is -2.06. The van der Waals surface area contributed by atoms with E-state index in [2.05, 4.69) is 23.8 Å². The van der Waals surface area contributed by atoms with Crippen LogP contribution >= 0.6 is 0 Å². The maximum Gasteiger partial charge on any atom is 0.127 e. The summed E-state index contributed by atoms with van der Waals surface area (Å²) in [6.45, 7) is 7.97. The smallest absolute Gasteiger partial charge is 0.127 e. The van der Waals surface area contributed by atoms with Crippen LogP contribution in [0.4, 0.5) is 11.4 Å². The van der Waals surface area contributed by atoms with E-state index in [-0.39, 0.29) is 11.5 Å². The van der Waals surface area contributed by atoms with Gasteiger partial charge in [0.1, 0.15) is 11.5 Å². The van der Waals surface area contributed by atoms with Crippen molar-refractivity contribution in [2.45, 2.75) is 40.5 Å². The Kier molecular flexibility index (Phi) is 6.68. The van der Waals surface area contributed by atoms with Crippen LogP contribution in [-0.2, 0) is 12.8 Å². The highest BCUT2D eigenvalue weighted by molar-refractivity contribution is 5.87. The van der Waals surface area contributed by atoms with Gasteiger partial charge in [0, 0.05) is 23.6 Å². The second-order valence-electron chi connectivity index (χ2n) is 7.44. The lowest BCUT2D eigenvalue weighted by atomic mass is 10.0. The first kappa shape index (κ1) is 21.3. The quantitative estimate of drug-likeness (QED) is 0.474. The number of aromatic hydroxyl groups is 2. The van der Waals surface area contributed by atoms with Gasteiger partial charge in [-0.05, 0) is 85.3 Å². The Labute approximate surface area is 178 Å². The summed E-state index contributed by atoms with van der Waals surface area (Å²) in [6.07, 6.45) is 5.20. The van der Waals surface area contributed by atoms with Crippen molar-refractivity contribution in [3.63, 3.8) is 0 Å². The van der Waals surface area contributed by atoms with Crippen LogP contribution in [0.1, 0.15) is 47.2 Å². The van der Waals surface area contributed by atoms with E-state index in [1.54, 1.807) is 12.4 Å². The fraction of sp³-hybridized carbons (Fsp3) is 0.231. The van der Waals surface area contributed by atoms with E-state index in [1.807, 2.05) is 62.4 Å². The number of benzene rings is 3. The van der Waals surface area contributed by atoms with Crippen molar-refractivity contribution in [1.29, 1.82) is 0 Å². The molecule has 0 aliphatic heterocycles. The number of rotatable bonds is 6. The van der Waals surface area contributed by atoms with Gasteiger partial charge in [-0.25, -0.2) is 0 Å². The molecule has 0 atom stereocenters. The first-order valence-electron chi connectivity index (χ1n) is 10.2. The molecule has 0 amide bonds. The van der Waals surface area contributed by atoms with Crippen LogP contribution in [0.15, 0.2) is 58.5 Å². The van der Waals surface area contributed by atoms with Gasteiger partial charge in [0.05, 0.1) is 11.4 Å². The molecule has 0 spiro atoms. The summed E-state index contributed by atoms with van der Waals surface area (Å²) < 4.78 is 0. The number of phenolic OH excluding ortho intramolecular Hbond substituents is 2. The Morgan fingerprint density at radius 3 is 1.37 bits per heavy atom. The first-order chi connectivity index (χ1) is 14.4. The molecule has 0 aliphatic rings. The summed E-state index contributed by atoms with van der Waals surface area (Å²) in [7, 11) is 0. The minimum absolute atomic E-state index is 0.265. The minimum Gasteiger partial charge on any atom is -0.507 e. The maximum atomic E-state index is 10.3. The zero-order valence-electron chi connectivity index (χ0n) is 18.0. The van der Waals surface area contributed by atoms with Crippen LogP contribution in [0.3, 0.4) is 0 Å². The molecule has 2 N–H and O–H groups in total. The molecule has 0 radical (unpaired) electrons. The molecular weight excluding hydrogens is 372 g/mol. The van der Waals surface area contributed by atoms with Gasteiger partial charge >= 0.3 is 0 Å². The van der Waals surface area contributed by atoms with Crippen LogP contribution in [0.5, 0.6) is 11.5 Å². The van der Waals surface area contributed by atoms with Crippen LogP contribution < -0.4 is 0 Å². The summed E-state index contributed by atoms with van der Waals surface area (Å²) in [4.78, 5) is 8.97. The Hall–Kier alpha value is -3.40. The minimum atomic E-state index is 0.265. The highest BCUT2D eigenvalue weighted by Gasteiger charge is 2.06. The van der Waals surface area contributed by atoms with Crippen molar-refractivity contribution in [3.8, 4) is 11.5 Å². The molecule has 0 saturated heterocycles. The predicted octanol–water partition coefficient (Wildman–Crippen LogP) is 6.34. The topological polar surface area (TPSA) is 65.2 Å². The molecule has 0 heterocycles. The Bertz CT molecular complexity index is 1010. The van der Waals surface area contributed by atoms with E-state index >= 15 is 0 Å². The first-order valence-corrected chi connectivity index (χ1v) is 10.2. The predicted molar refractivity (Wildman–Crippen MR) is 125 cm³/mol. The Morgan fingerprint density at radius 1 is 0.667 bits per heavy atom. The third kappa shape index (κ3) is 4.95. The number of phenols is 2. The van der Waals surface area contributed by atoms with Gasteiger partial charge in [0.15, 0.2) is 0 Å². The van der Waals surface area contributed by atoms with Crippen molar-refractivity contribution in [2.75, 3.05) is 0 Å². The van der Waals surface area contributed by atoms with Crippen molar-refractivity contribution in [1.82, 2.24) is 0 Å². The average molecular weight is 401 g/mol. The highest BCUT2D eigenvalue weighted by atomic mass is 16.3. The van der Waals surface area contributed by atoms with Crippen LogP contribution in [0.2, 0.25) is 0 Å². The summed E-state index contributed by atoms with van der Waals surface area (Å²) >= 11 is 0. The molecule has 3 rings (SSSR count). The average Bonchev–Trinajstić information content (AvgIpc) is 2.76. The molecule has 0 saturated carbocycles. The van der Waals surface area contributed by atoms with Gasteiger partial charge in [-0.15, -0.1) is 0 Å². The van der Waals surface area contributed by atoms with E-state index in [4.69, 9.17) is 0 Å². The number of hydrogen-bond donors (Lipinski definition) is 2. The lowest BCUT2D eigenvalue weighted by Crippen LogP contribution is -1.90. The molecule has 0 aromatic heterocycles. The zero-order chi connectivity index (χ0) is 21.7. The number of aliphatic imine (C=N–C) groups is 2. The van der Waals surface area contributed by atoms with Gasteiger partial charge in [-0.1, -0.05) is 26.0 Å². The number of hydrogen-bond acceptors (Lipinski definition) is 4. The summed E-state index contributed by atoms with van der Waals surface area (Å²) in [5.74, 6) is 0.531. The molecule has 0 unspecified atom stereocenters. The Balaban J connectivity index is 1.78. The van der Waals surface area contributed by atoms with Gasteiger partial charge in [-0.3, -0.25) is 9.98 Å². The maximum absolute atomic E-state index is 10.3. The molecule has 30 heavy (non-hydrogen) atoms. The summed E-state index contributed by atoms with van der Waals surface area (Å²) in [5, 5.41) is 20.5. The summed E-state index contributed by atoms with van der Waals surface area (Å²) in [6, 6.07) is 15.4. The number of nitrogens with zero attached hydrogens (tertiary/aromatic N) is 2. The normalized spacial score (nSPS) is 11.6. The van der Waals surface area contributed by atoms with Crippen LogP contribution in [-0.4, -0.2) is 22.6 Å². The fourth-order valence-corrected chi connectivity index (χ4v) is 3.29. The SMILES string of the molecule is CCc1cc(C)c(O)c(C=Nc2ccc(N=Cc3cc(CC)cc(C)c3O)cc2)c1. The summed E-state index contributed by atoms with van der Waals surface area (Å²) in [5.41, 5.74) is 7.03. The molecule has 3 aromatic carbocycles. The van der Waals surface area contributed by atoms with Gasteiger partial charge in [0.2, 0.25) is 0 Å². The van der Waals surface area contributed by atoms with E-state index in [9.17, 15) is 10.2 Å². The molecule has 0 fully saturated rings. The third-order valence-electron chi connectivity index (χ3n) is 5.15. The molecule has 0 bridgehead atoms. The molecule has 154 valence electrons. The molecule has 4 heteroatoms. The zero-order valence-corrected chi connectivity index (χ0v) is 18.0. The van der Waals surface area contributed by atoms with Crippen LogP contribution in [0, 0.1) is 13.8 Å². The lowest BCUT2D eigenvalue weighted by molar-refractivity contribution is 0.469. The highest BCUT2D eigenvalue weighted by Crippen LogP contribution is 2.26. The van der Waals surface area contributed by atoms with E-state index in [0.717, 1.165) is 46.5 Å². The Morgan fingerprint density at radius 2 is 1.03 bits per heavy atom. The van der Waals surface area contributed by atoms with Crippen molar-refractivity contribution < 1.29 is 10.2 Å². The van der Waals surface area contributed by atoms with E-state index < -0.39 is 0 Å². The standard InChI is InChI=1S/C26H28N2O2/c1-5-19-11-17(3)25(29)21(13-19)15-27-23-7-9-24(10-8-23)28-16-22-14-20(6-2)12-18(4)26(22)30/h7-16,29-30H,5-6H2,1-4H3. The van der Waals surface area contributed by atoms with Crippen molar-refractivity contribution in [3.05, 3.63) is 81.9 Å². The van der Waals surface area contributed by atoms with E-state index in [1.165, 1.54) is 11.1 Å². The monoisotopic (exact) mass is 400 g/mol. The van der Waals surface area contributed by atoms with Crippen molar-refractivity contribution >= 4 is 23.8 Å². The molecule has 0 aliphatic carbocycles. The molecule has 4 nitrogen and oxygen atoms in total. The molecular formula is C26H28N2O2. The van der Waals surface area contributed by atoms with Gasteiger partial charge in [-0.2, -0.15) is 0 Å². The largest absolute Gasteiger partial charge is 0.507 e. The second-order valence-corrected chi connectivity index (χ2v) is 7.44. The van der Waals surface area contributed by atoms with E-state index in [0.29, 0.717) is 0 Å². The second kappa shape index (κ2) is 9.40. The van der Waals surface area contributed by atoms with Crippen molar-refractivity contribution in [2.24, 2.45) is 9.98 Å². The number of aryl methyl sites for hydroxylation is 4. The van der Waals surface area contributed by atoms with Gasteiger partial charge in [0.25, 0.3) is 0 Å². The fourth-order valence-electron chi connectivity index (χ4n) is 3.29.